The number of aromatic nitrogens is 1. The van der Waals surface area contributed by atoms with Crippen LogP contribution in [-0.2, 0) is 6.42 Å². The van der Waals surface area contributed by atoms with E-state index >= 15 is 0 Å². The Hall–Kier alpha value is -4.92. The normalized spacial score (nSPS) is 12.3. The first-order valence-corrected chi connectivity index (χ1v) is 14.3. The Kier molecular flexibility index (Phi) is 10.7. The standard InChI is InChI=1S/C34H37FN4O4/c1-22(2)37-34(42)39-27(21-36-33(41)30-8-4-5-10-32(30)40)20-23(3)19-26-7-6-9-31(38-26)24-11-15-28(16-12-24)43-29-17-13-25(35)14-18-29/h4-18,22-23,27,40H,19-21H2,1-3H3,(H,36,41)(H2,37,39,42). The molecule has 0 radical (unpaired) electrons. The number of urea groups is 1. The van der Waals surface area contributed by atoms with Crippen molar-refractivity contribution in [1.29, 1.82) is 0 Å². The van der Waals surface area contributed by atoms with Gasteiger partial charge >= 0.3 is 6.03 Å². The number of hydrogen-bond donors (Lipinski definition) is 4. The lowest BCUT2D eigenvalue weighted by molar-refractivity contribution is 0.0945. The molecule has 2 atom stereocenters. The molecule has 2 unspecified atom stereocenters. The van der Waals surface area contributed by atoms with Crippen LogP contribution in [0.4, 0.5) is 9.18 Å². The summed E-state index contributed by atoms with van der Waals surface area (Å²) in [5.74, 6) is 0.481. The third-order valence-electron chi connectivity index (χ3n) is 6.66. The zero-order chi connectivity index (χ0) is 30.8. The van der Waals surface area contributed by atoms with Gasteiger partial charge in [-0.25, -0.2) is 9.18 Å². The number of nitrogens with one attached hydrogen (secondary N) is 3. The summed E-state index contributed by atoms with van der Waals surface area (Å²) in [7, 11) is 0. The molecular formula is C34H37FN4O4. The van der Waals surface area contributed by atoms with Crippen molar-refractivity contribution < 1.29 is 23.8 Å². The van der Waals surface area contributed by atoms with Crippen LogP contribution in [0.25, 0.3) is 11.3 Å². The quantitative estimate of drug-likeness (QED) is 0.153. The van der Waals surface area contributed by atoms with Crippen LogP contribution < -0.4 is 20.7 Å². The van der Waals surface area contributed by atoms with E-state index in [9.17, 15) is 19.1 Å². The smallest absolute Gasteiger partial charge is 0.315 e. The molecule has 0 spiro atoms. The Morgan fingerprint density at radius 1 is 0.860 bits per heavy atom. The maximum absolute atomic E-state index is 13.2. The molecule has 43 heavy (non-hydrogen) atoms. The van der Waals surface area contributed by atoms with Crippen molar-refractivity contribution in [3.8, 4) is 28.5 Å². The van der Waals surface area contributed by atoms with E-state index in [1.54, 1.807) is 30.3 Å². The van der Waals surface area contributed by atoms with E-state index in [1.807, 2.05) is 56.3 Å². The predicted molar refractivity (Wildman–Crippen MR) is 165 cm³/mol. The molecule has 4 N–H and O–H groups in total. The number of para-hydroxylation sites is 1. The highest BCUT2D eigenvalue weighted by atomic mass is 19.1. The minimum Gasteiger partial charge on any atom is -0.507 e. The second kappa shape index (κ2) is 14.8. The van der Waals surface area contributed by atoms with Crippen molar-refractivity contribution in [3.05, 3.63) is 108 Å². The predicted octanol–water partition coefficient (Wildman–Crippen LogP) is 6.46. The van der Waals surface area contributed by atoms with Gasteiger partial charge in [-0.3, -0.25) is 9.78 Å². The molecule has 9 heteroatoms. The number of halogens is 1. The summed E-state index contributed by atoms with van der Waals surface area (Å²) in [6, 6.07) is 24.9. The largest absolute Gasteiger partial charge is 0.507 e. The molecule has 0 aliphatic heterocycles. The molecule has 1 heterocycles. The Labute approximate surface area is 251 Å². The molecule has 3 amide bonds. The second-order valence-corrected chi connectivity index (χ2v) is 10.8. The minimum atomic E-state index is -0.412. The maximum atomic E-state index is 13.2. The zero-order valence-corrected chi connectivity index (χ0v) is 24.5. The number of aromatic hydroxyl groups is 1. The highest BCUT2D eigenvalue weighted by Gasteiger charge is 2.19. The summed E-state index contributed by atoms with van der Waals surface area (Å²) >= 11 is 0. The molecule has 1 aromatic heterocycles. The molecule has 0 saturated carbocycles. The fraction of sp³-hybridized carbons (Fsp3) is 0.265. The number of hydrogen-bond acceptors (Lipinski definition) is 5. The Morgan fingerprint density at radius 3 is 2.21 bits per heavy atom. The lowest BCUT2D eigenvalue weighted by Crippen LogP contribution is -2.49. The van der Waals surface area contributed by atoms with Crippen molar-refractivity contribution in [3.63, 3.8) is 0 Å². The third-order valence-corrected chi connectivity index (χ3v) is 6.66. The van der Waals surface area contributed by atoms with Gasteiger partial charge < -0.3 is 25.8 Å². The van der Waals surface area contributed by atoms with E-state index in [-0.39, 0.29) is 47.7 Å². The van der Waals surface area contributed by atoms with Crippen molar-refractivity contribution >= 4 is 11.9 Å². The Morgan fingerprint density at radius 2 is 1.53 bits per heavy atom. The second-order valence-electron chi connectivity index (χ2n) is 10.8. The summed E-state index contributed by atoms with van der Waals surface area (Å²) < 4.78 is 19.0. The average molecular weight is 585 g/mol. The molecular weight excluding hydrogens is 547 g/mol. The molecule has 8 nitrogen and oxygen atoms in total. The fourth-order valence-corrected chi connectivity index (χ4v) is 4.67. The number of phenolic OH excluding ortho intramolecular Hbond substituents is 1. The number of rotatable bonds is 12. The number of pyridine rings is 1. The minimum absolute atomic E-state index is 0.0376. The van der Waals surface area contributed by atoms with Crippen LogP contribution in [0.2, 0.25) is 0 Å². The van der Waals surface area contributed by atoms with Gasteiger partial charge in [0, 0.05) is 29.9 Å². The number of nitrogens with zero attached hydrogens (tertiary/aromatic N) is 1. The van der Waals surface area contributed by atoms with Crippen LogP contribution in [0.5, 0.6) is 17.2 Å². The molecule has 0 bridgehead atoms. The van der Waals surface area contributed by atoms with E-state index in [0.717, 1.165) is 17.0 Å². The van der Waals surface area contributed by atoms with Gasteiger partial charge in [-0.1, -0.05) is 25.1 Å². The summed E-state index contributed by atoms with van der Waals surface area (Å²) in [6.45, 7) is 6.03. The first-order chi connectivity index (χ1) is 20.7. The van der Waals surface area contributed by atoms with E-state index in [2.05, 4.69) is 22.9 Å². The van der Waals surface area contributed by atoms with E-state index in [1.165, 1.54) is 18.2 Å². The Balaban J connectivity index is 1.38. The van der Waals surface area contributed by atoms with E-state index < -0.39 is 5.91 Å². The number of carbonyl (C=O) groups excluding carboxylic acids is 2. The van der Waals surface area contributed by atoms with Crippen molar-refractivity contribution in [2.24, 2.45) is 5.92 Å². The number of benzene rings is 3. The van der Waals surface area contributed by atoms with Crippen LogP contribution in [0.15, 0.2) is 91.0 Å². The zero-order valence-electron chi connectivity index (χ0n) is 24.5. The summed E-state index contributed by atoms with van der Waals surface area (Å²) in [5.41, 5.74) is 2.83. The average Bonchev–Trinajstić information content (AvgIpc) is 2.97. The van der Waals surface area contributed by atoms with Gasteiger partial charge in [-0.2, -0.15) is 0 Å². The molecule has 0 saturated heterocycles. The highest BCUT2D eigenvalue weighted by Crippen LogP contribution is 2.26. The number of amides is 3. The van der Waals surface area contributed by atoms with Gasteiger partial charge in [0.25, 0.3) is 5.91 Å². The first-order valence-electron chi connectivity index (χ1n) is 14.3. The molecule has 224 valence electrons. The number of phenols is 1. The van der Waals surface area contributed by atoms with E-state index in [4.69, 9.17) is 9.72 Å². The number of carbonyl (C=O) groups is 2. The van der Waals surface area contributed by atoms with Crippen LogP contribution in [0.1, 0.15) is 43.2 Å². The monoisotopic (exact) mass is 584 g/mol. The van der Waals surface area contributed by atoms with E-state index in [0.29, 0.717) is 24.3 Å². The molecule has 0 fully saturated rings. The Bertz CT molecular complexity index is 1510. The van der Waals surface area contributed by atoms with Gasteiger partial charge in [0.15, 0.2) is 0 Å². The summed E-state index contributed by atoms with van der Waals surface area (Å²) in [5, 5.41) is 18.7. The lowest BCUT2D eigenvalue weighted by atomic mass is 9.96. The summed E-state index contributed by atoms with van der Waals surface area (Å²) in [6.07, 6.45) is 1.25. The van der Waals surface area contributed by atoms with Gasteiger partial charge in [0.2, 0.25) is 0 Å². The SMILES string of the molecule is CC(Cc1cccc(-c2ccc(Oc3ccc(F)cc3)cc2)n1)CC(CNC(=O)c1ccccc1O)NC(=O)NC(C)C. The van der Waals surface area contributed by atoms with Crippen LogP contribution in [0, 0.1) is 11.7 Å². The third kappa shape index (κ3) is 9.56. The number of ether oxygens (including phenoxy) is 1. The van der Waals surface area contributed by atoms with Gasteiger partial charge in [-0.05, 0) is 105 Å². The van der Waals surface area contributed by atoms with Crippen LogP contribution in [0.3, 0.4) is 0 Å². The van der Waals surface area contributed by atoms with Crippen LogP contribution in [-0.4, -0.2) is 40.7 Å². The molecule has 0 aliphatic carbocycles. The van der Waals surface area contributed by atoms with Crippen molar-refractivity contribution in [1.82, 2.24) is 20.9 Å². The van der Waals surface area contributed by atoms with Crippen molar-refractivity contribution in [2.45, 2.75) is 45.7 Å². The first kappa shape index (κ1) is 31.0. The van der Waals surface area contributed by atoms with Gasteiger partial charge in [-0.15, -0.1) is 0 Å². The van der Waals surface area contributed by atoms with Gasteiger partial charge in [0.05, 0.1) is 11.3 Å². The maximum Gasteiger partial charge on any atom is 0.315 e. The molecule has 4 rings (SSSR count). The van der Waals surface area contributed by atoms with Gasteiger partial charge in [0.1, 0.15) is 23.1 Å². The molecule has 3 aromatic carbocycles. The lowest BCUT2D eigenvalue weighted by Gasteiger charge is -2.24. The molecule has 0 aliphatic rings. The summed E-state index contributed by atoms with van der Waals surface area (Å²) in [4.78, 5) is 30.0. The topological polar surface area (TPSA) is 113 Å². The highest BCUT2D eigenvalue weighted by molar-refractivity contribution is 5.96. The van der Waals surface area contributed by atoms with Crippen LogP contribution >= 0.6 is 0 Å². The van der Waals surface area contributed by atoms with Crippen molar-refractivity contribution in [2.75, 3.05) is 6.54 Å². The molecule has 4 aromatic rings. The fourth-order valence-electron chi connectivity index (χ4n) is 4.67.